The minimum absolute atomic E-state index is 0.313. The monoisotopic (exact) mass is 273 g/mol. The lowest BCUT2D eigenvalue weighted by Gasteiger charge is -2.48. The molecule has 0 aromatic carbocycles. The Morgan fingerprint density at radius 1 is 1.35 bits per heavy atom. The van der Waals surface area contributed by atoms with Crippen LogP contribution in [0.2, 0.25) is 0 Å². The maximum Gasteiger partial charge on any atom is 0.0312 e. The van der Waals surface area contributed by atoms with Gasteiger partial charge in [0.25, 0.3) is 0 Å². The fourth-order valence-electron chi connectivity index (χ4n) is 3.58. The number of piperazine rings is 1. The second-order valence-electron chi connectivity index (χ2n) is 6.54. The molecule has 1 saturated heterocycles. The Labute approximate surface area is 122 Å². The van der Waals surface area contributed by atoms with Gasteiger partial charge in [0, 0.05) is 43.6 Å². The van der Waals surface area contributed by atoms with Gasteiger partial charge >= 0.3 is 0 Å². The molecule has 0 radical (unpaired) electrons. The van der Waals surface area contributed by atoms with Crippen molar-refractivity contribution in [1.82, 2.24) is 15.2 Å². The lowest BCUT2D eigenvalue weighted by atomic mass is 9.87. The Bertz CT molecular complexity index is 423. The molecule has 1 aliphatic heterocycles. The van der Waals surface area contributed by atoms with Crippen LogP contribution in [0.1, 0.15) is 45.1 Å². The van der Waals surface area contributed by atoms with E-state index in [1.807, 2.05) is 12.4 Å². The molecule has 2 fully saturated rings. The third kappa shape index (κ3) is 2.89. The molecule has 0 bridgehead atoms. The first-order chi connectivity index (χ1) is 9.76. The van der Waals surface area contributed by atoms with Crippen molar-refractivity contribution in [3.05, 3.63) is 30.1 Å². The standard InChI is InChI=1S/C17H27N3/c1-3-17(4-2)13-20(12-14-6-5-9-18-10-14)16(11-19-17)15-7-8-15/h5-6,9-10,15-16,19H,3-4,7-8,11-13H2,1-2H3. The number of nitrogens with one attached hydrogen (secondary N) is 1. The van der Waals surface area contributed by atoms with E-state index in [2.05, 4.69) is 41.2 Å². The second kappa shape index (κ2) is 5.82. The van der Waals surface area contributed by atoms with Gasteiger partial charge in [-0.2, -0.15) is 0 Å². The molecule has 3 rings (SSSR count). The minimum Gasteiger partial charge on any atom is -0.308 e. The van der Waals surface area contributed by atoms with Crippen LogP contribution in [0, 0.1) is 5.92 Å². The van der Waals surface area contributed by atoms with E-state index in [1.54, 1.807) is 0 Å². The van der Waals surface area contributed by atoms with E-state index in [1.165, 1.54) is 37.8 Å². The lowest BCUT2D eigenvalue weighted by Crippen LogP contribution is -2.64. The number of hydrogen-bond donors (Lipinski definition) is 1. The van der Waals surface area contributed by atoms with Crippen molar-refractivity contribution in [1.29, 1.82) is 0 Å². The Balaban J connectivity index is 1.75. The summed E-state index contributed by atoms with van der Waals surface area (Å²) in [6.07, 6.45) is 9.14. The molecule has 1 unspecified atom stereocenters. The number of nitrogens with zero attached hydrogens (tertiary/aromatic N) is 2. The first-order valence-corrected chi connectivity index (χ1v) is 8.14. The van der Waals surface area contributed by atoms with E-state index in [0.717, 1.165) is 25.0 Å². The highest BCUT2D eigenvalue weighted by atomic mass is 15.3. The quantitative estimate of drug-likeness (QED) is 0.894. The molecule has 110 valence electrons. The molecule has 1 aromatic heterocycles. The van der Waals surface area contributed by atoms with Crippen molar-refractivity contribution in [3.8, 4) is 0 Å². The molecule has 1 aromatic rings. The molecule has 1 aliphatic carbocycles. The fourth-order valence-corrected chi connectivity index (χ4v) is 3.58. The largest absolute Gasteiger partial charge is 0.308 e. The molecule has 20 heavy (non-hydrogen) atoms. The zero-order valence-electron chi connectivity index (χ0n) is 12.8. The van der Waals surface area contributed by atoms with Crippen LogP contribution >= 0.6 is 0 Å². The topological polar surface area (TPSA) is 28.2 Å². The summed E-state index contributed by atoms with van der Waals surface area (Å²) in [5.74, 6) is 0.922. The summed E-state index contributed by atoms with van der Waals surface area (Å²) < 4.78 is 0. The van der Waals surface area contributed by atoms with Crippen LogP contribution in [-0.4, -0.2) is 34.6 Å². The van der Waals surface area contributed by atoms with Crippen LogP contribution in [0.5, 0.6) is 0 Å². The predicted octanol–water partition coefficient (Wildman–Crippen LogP) is 2.82. The summed E-state index contributed by atoms with van der Waals surface area (Å²) in [5.41, 5.74) is 1.66. The summed E-state index contributed by atoms with van der Waals surface area (Å²) in [5, 5.41) is 3.86. The highest BCUT2D eigenvalue weighted by Gasteiger charge is 2.42. The van der Waals surface area contributed by atoms with E-state index in [9.17, 15) is 0 Å². The Morgan fingerprint density at radius 3 is 2.75 bits per heavy atom. The van der Waals surface area contributed by atoms with E-state index < -0.39 is 0 Å². The molecule has 1 atom stereocenters. The van der Waals surface area contributed by atoms with Crippen LogP contribution in [0.4, 0.5) is 0 Å². The highest BCUT2D eigenvalue weighted by Crippen LogP contribution is 2.38. The van der Waals surface area contributed by atoms with Gasteiger partial charge in [-0.1, -0.05) is 19.9 Å². The zero-order valence-corrected chi connectivity index (χ0v) is 12.8. The van der Waals surface area contributed by atoms with Crippen LogP contribution in [0.3, 0.4) is 0 Å². The third-order valence-electron chi connectivity index (χ3n) is 5.29. The smallest absolute Gasteiger partial charge is 0.0312 e. The van der Waals surface area contributed by atoms with Gasteiger partial charge in [-0.15, -0.1) is 0 Å². The Morgan fingerprint density at radius 2 is 2.15 bits per heavy atom. The summed E-state index contributed by atoms with van der Waals surface area (Å²) >= 11 is 0. The number of pyridine rings is 1. The first kappa shape index (κ1) is 14.0. The minimum atomic E-state index is 0.313. The van der Waals surface area contributed by atoms with E-state index >= 15 is 0 Å². The van der Waals surface area contributed by atoms with Crippen molar-refractivity contribution in [2.24, 2.45) is 5.92 Å². The summed E-state index contributed by atoms with van der Waals surface area (Å²) in [7, 11) is 0. The average molecular weight is 273 g/mol. The summed E-state index contributed by atoms with van der Waals surface area (Å²) in [6, 6.07) is 4.98. The van der Waals surface area contributed by atoms with Gasteiger partial charge in [0.2, 0.25) is 0 Å². The highest BCUT2D eigenvalue weighted by molar-refractivity contribution is 5.10. The van der Waals surface area contributed by atoms with Crippen LogP contribution in [-0.2, 0) is 6.54 Å². The predicted molar refractivity (Wildman–Crippen MR) is 82.5 cm³/mol. The molecule has 3 nitrogen and oxygen atoms in total. The average Bonchev–Trinajstić information content (AvgIpc) is 3.33. The van der Waals surface area contributed by atoms with Crippen LogP contribution < -0.4 is 5.32 Å². The molecule has 3 heteroatoms. The third-order valence-corrected chi connectivity index (χ3v) is 5.29. The lowest BCUT2D eigenvalue weighted by molar-refractivity contribution is 0.0556. The zero-order chi connectivity index (χ0) is 14.0. The summed E-state index contributed by atoms with van der Waals surface area (Å²) in [4.78, 5) is 6.99. The SMILES string of the molecule is CCC1(CC)CN(Cc2cccnc2)C(C2CC2)CN1. The van der Waals surface area contributed by atoms with E-state index in [4.69, 9.17) is 0 Å². The molecule has 2 aliphatic rings. The second-order valence-corrected chi connectivity index (χ2v) is 6.54. The molecule has 1 N–H and O–H groups in total. The van der Waals surface area contributed by atoms with Gasteiger partial charge in [0.05, 0.1) is 0 Å². The fraction of sp³-hybridized carbons (Fsp3) is 0.706. The van der Waals surface area contributed by atoms with Crippen molar-refractivity contribution in [2.45, 2.75) is 57.7 Å². The molecular formula is C17H27N3. The van der Waals surface area contributed by atoms with Crippen LogP contribution in [0.15, 0.2) is 24.5 Å². The van der Waals surface area contributed by atoms with Gasteiger partial charge in [-0.3, -0.25) is 9.88 Å². The first-order valence-electron chi connectivity index (χ1n) is 8.14. The Kier molecular flexibility index (Phi) is 4.08. The van der Waals surface area contributed by atoms with Crippen LogP contribution in [0.25, 0.3) is 0 Å². The van der Waals surface area contributed by atoms with Crippen molar-refractivity contribution in [2.75, 3.05) is 13.1 Å². The molecule has 0 amide bonds. The normalized spacial score (nSPS) is 26.6. The van der Waals surface area contributed by atoms with Gasteiger partial charge in [-0.05, 0) is 43.2 Å². The van der Waals surface area contributed by atoms with Gasteiger partial charge in [0.15, 0.2) is 0 Å². The molecule has 2 heterocycles. The summed E-state index contributed by atoms with van der Waals surface area (Å²) in [6.45, 7) is 8.02. The number of rotatable bonds is 5. The maximum absolute atomic E-state index is 4.27. The van der Waals surface area contributed by atoms with Crippen molar-refractivity contribution >= 4 is 0 Å². The van der Waals surface area contributed by atoms with E-state index in [0.29, 0.717) is 5.54 Å². The van der Waals surface area contributed by atoms with Crippen molar-refractivity contribution < 1.29 is 0 Å². The van der Waals surface area contributed by atoms with Gasteiger partial charge < -0.3 is 5.32 Å². The number of aromatic nitrogens is 1. The van der Waals surface area contributed by atoms with Gasteiger partial charge in [-0.25, -0.2) is 0 Å². The van der Waals surface area contributed by atoms with Gasteiger partial charge in [0.1, 0.15) is 0 Å². The maximum atomic E-state index is 4.27. The Hall–Kier alpha value is -0.930. The molecule has 1 saturated carbocycles. The van der Waals surface area contributed by atoms with E-state index in [-0.39, 0.29) is 0 Å². The van der Waals surface area contributed by atoms with Crippen molar-refractivity contribution in [3.63, 3.8) is 0 Å². The molecule has 0 spiro atoms. The number of hydrogen-bond acceptors (Lipinski definition) is 3. The molecular weight excluding hydrogens is 246 g/mol.